The van der Waals surface area contributed by atoms with Crippen LogP contribution >= 0.6 is 11.3 Å². The molecule has 1 fully saturated rings. The van der Waals surface area contributed by atoms with Gasteiger partial charge in [0.05, 0.1) is 12.1 Å². The van der Waals surface area contributed by atoms with Crippen molar-refractivity contribution < 1.29 is 24.2 Å². The minimum Gasteiger partial charge on any atom is -0.480 e. The Hall–Kier alpha value is -2.61. The van der Waals surface area contributed by atoms with Gasteiger partial charge in [-0.3, -0.25) is 4.79 Å². The lowest BCUT2D eigenvalue weighted by Gasteiger charge is -2.35. The Balaban J connectivity index is 1.47. The van der Waals surface area contributed by atoms with Crippen LogP contribution in [0, 0.1) is 5.92 Å². The molecule has 27 heavy (non-hydrogen) atoms. The third-order valence-electron chi connectivity index (χ3n) is 4.97. The van der Waals surface area contributed by atoms with Gasteiger partial charge in [-0.15, -0.1) is 11.3 Å². The predicted molar refractivity (Wildman–Crippen MR) is 98.9 cm³/mol. The molecule has 2 aliphatic rings. The molecule has 2 unspecified atom stereocenters. The Labute approximate surface area is 160 Å². The zero-order valence-corrected chi connectivity index (χ0v) is 15.7. The highest BCUT2D eigenvalue weighted by atomic mass is 32.1. The minimum absolute atomic E-state index is 0.110. The van der Waals surface area contributed by atoms with E-state index < -0.39 is 12.0 Å². The summed E-state index contributed by atoms with van der Waals surface area (Å²) in [6, 6.07) is 4.88. The number of carboxylic acid groups (broad SMARTS) is 1. The molecule has 1 N–H and O–H groups in total. The van der Waals surface area contributed by atoms with Gasteiger partial charge in [0.15, 0.2) is 11.5 Å². The number of hydrogen-bond donors (Lipinski definition) is 1. The van der Waals surface area contributed by atoms with Crippen molar-refractivity contribution in [1.29, 1.82) is 0 Å². The van der Waals surface area contributed by atoms with Crippen molar-refractivity contribution in [1.82, 2.24) is 9.88 Å². The summed E-state index contributed by atoms with van der Waals surface area (Å²) in [5.74, 6) is 0.593. The third-order valence-corrected chi connectivity index (χ3v) is 5.91. The highest BCUT2D eigenvalue weighted by Crippen LogP contribution is 2.36. The summed E-state index contributed by atoms with van der Waals surface area (Å²) in [5, 5.41) is 12.1. The lowest BCUT2D eigenvalue weighted by atomic mass is 9.92. The molecule has 0 aliphatic carbocycles. The van der Waals surface area contributed by atoms with Gasteiger partial charge in [-0.1, -0.05) is 6.92 Å². The van der Waals surface area contributed by atoms with Crippen LogP contribution in [0.5, 0.6) is 11.5 Å². The average molecular weight is 388 g/mol. The van der Waals surface area contributed by atoms with Crippen LogP contribution < -0.4 is 9.47 Å². The van der Waals surface area contributed by atoms with Crippen molar-refractivity contribution in [2.45, 2.75) is 32.2 Å². The van der Waals surface area contributed by atoms with Crippen LogP contribution in [0.15, 0.2) is 23.6 Å². The fourth-order valence-electron chi connectivity index (χ4n) is 3.48. The number of carboxylic acids is 1. The number of aromatic nitrogens is 1. The first kappa shape index (κ1) is 17.8. The summed E-state index contributed by atoms with van der Waals surface area (Å²) in [6.45, 7) is 2.72. The number of thiazole rings is 1. The summed E-state index contributed by atoms with van der Waals surface area (Å²) in [4.78, 5) is 30.2. The molecule has 1 saturated heterocycles. The summed E-state index contributed by atoms with van der Waals surface area (Å²) in [6.07, 6.45) is 1.44. The van der Waals surface area contributed by atoms with Crippen LogP contribution in [0.3, 0.4) is 0 Å². The van der Waals surface area contributed by atoms with Gasteiger partial charge in [-0.05, 0) is 37.0 Å². The molecule has 0 radical (unpaired) electrons. The molecule has 1 aromatic carbocycles. The smallest absolute Gasteiger partial charge is 0.326 e. The second-order valence-corrected chi connectivity index (χ2v) is 7.82. The van der Waals surface area contributed by atoms with Gasteiger partial charge in [0.1, 0.15) is 11.0 Å². The fourth-order valence-corrected chi connectivity index (χ4v) is 4.30. The van der Waals surface area contributed by atoms with Crippen LogP contribution in [0.25, 0.3) is 10.6 Å². The lowest BCUT2D eigenvalue weighted by molar-refractivity contribution is -0.152. The van der Waals surface area contributed by atoms with Gasteiger partial charge in [-0.25, -0.2) is 9.78 Å². The number of amides is 1. The second kappa shape index (κ2) is 7.19. The van der Waals surface area contributed by atoms with Gasteiger partial charge in [0.2, 0.25) is 12.7 Å². The Bertz CT molecular complexity index is 881. The Morgan fingerprint density at radius 3 is 2.96 bits per heavy atom. The van der Waals surface area contributed by atoms with Crippen molar-refractivity contribution in [2.75, 3.05) is 13.3 Å². The van der Waals surface area contributed by atoms with Gasteiger partial charge >= 0.3 is 5.97 Å². The maximum absolute atomic E-state index is 12.7. The summed E-state index contributed by atoms with van der Waals surface area (Å²) >= 11 is 1.45. The normalized spacial score (nSPS) is 21.3. The number of fused-ring (bicyclic) bond motifs is 1. The first-order valence-corrected chi connectivity index (χ1v) is 9.76. The number of aliphatic carboxylic acids is 1. The maximum Gasteiger partial charge on any atom is 0.326 e. The first-order valence-electron chi connectivity index (χ1n) is 8.88. The van der Waals surface area contributed by atoms with E-state index in [-0.39, 0.29) is 19.1 Å². The van der Waals surface area contributed by atoms with Crippen molar-refractivity contribution in [3.63, 3.8) is 0 Å². The van der Waals surface area contributed by atoms with E-state index in [1.807, 2.05) is 30.5 Å². The molecule has 0 saturated carbocycles. The van der Waals surface area contributed by atoms with Crippen molar-refractivity contribution in [3.05, 3.63) is 29.3 Å². The van der Waals surface area contributed by atoms with Crippen LogP contribution in [0.4, 0.5) is 0 Å². The minimum atomic E-state index is -0.936. The molecule has 8 heteroatoms. The number of benzene rings is 1. The molecule has 3 heterocycles. The van der Waals surface area contributed by atoms with Gasteiger partial charge < -0.3 is 19.5 Å². The molecular formula is C19H20N2O5S. The summed E-state index contributed by atoms with van der Waals surface area (Å²) in [5.41, 5.74) is 1.55. The van der Waals surface area contributed by atoms with E-state index >= 15 is 0 Å². The van der Waals surface area contributed by atoms with E-state index in [9.17, 15) is 14.7 Å². The molecule has 7 nitrogen and oxygen atoms in total. The number of piperidine rings is 1. The first-order chi connectivity index (χ1) is 13.0. The van der Waals surface area contributed by atoms with Crippen LogP contribution in [0.1, 0.15) is 25.5 Å². The predicted octanol–water partition coefficient (Wildman–Crippen LogP) is 2.79. The van der Waals surface area contributed by atoms with E-state index in [1.54, 1.807) is 0 Å². The molecule has 142 valence electrons. The van der Waals surface area contributed by atoms with E-state index in [4.69, 9.17) is 9.47 Å². The molecule has 4 rings (SSSR count). The number of ether oxygens (including phenoxy) is 2. The van der Waals surface area contributed by atoms with Gasteiger partial charge in [-0.2, -0.15) is 0 Å². The zero-order chi connectivity index (χ0) is 19.0. The molecule has 0 bridgehead atoms. The number of carbonyl (C=O) groups excluding carboxylic acids is 1. The van der Waals surface area contributed by atoms with Gasteiger partial charge in [0.25, 0.3) is 0 Å². The standard InChI is InChI=1S/C19H20N2O5S/c1-11-4-5-21(14(6-11)19(23)24)17(22)8-13-9-27-18(20-13)12-2-3-15-16(7-12)26-10-25-15/h2-3,7,9,11,14H,4-6,8,10H2,1H3,(H,23,24). The van der Waals surface area contributed by atoms with Gasteiger partial charge in [0, 0.05) is 17.5 Å². The monoisotopic (exact) mass is 388 g/mol. The number of carbonyl (C=O) groups is 2. The number of rotatable bonds is 4. The maximum atomic E-state index is 12.7. The van der Waals surface area contributed by atoms with Crippen LogP contribution in [-0.4, -0.2) is 46.2 Å². The Kier molecular flexibility index (Phi) is 4.73. The van der Waals surface area contributed by atoms with Crippen LogP contribution in [-0.2, 0) is 16.0 Å². The topological polar surface area (TPSA) is 89.0 Å². The Morgan fingerprint density at radius 1 is 1.33 bits per heavy atom. The van der Waals surface area contributed by atoms with E-state index in [0.717, 1.165) is 17.0 Å². The fraction of sp³-hybridized carbons (Fsp3) is 0.421. The summed E-state index contributed by atoms with van der Waals surface area (Å²) < 4.78 is 10.7. The molecule has 2 aliphatic heterocycles. The van der Waals surface area contributed by atoms with E-state index in [0.29, 0.717) is 36.1 Å². The van der Waals surface area contributed by atoms with E-state index in [2.05, 4.69) is 4.98 Å². The van der Waals surface area contributed by atoms with Crippen molar-refractivity contribution in [3.8, 4) is 22.1 Å². The lowest BCUT2D eigenvalue weighted by Crippen LogP contribution is -2.50. The van der Waals surface area contributed by atoms with Crippen molar-refractivity contribution in [2.24, 2.45) is 5.92 Å². The Morgan fingerprint density at radius 2 is 2.15 bits per heavy atom. The molecule has 1 aromatic heterocycles. The van der Waals surface area contributed by atoms with Crippen LogP contribution in [0.2, 0.25) is 0 Å². The SMILES string of the molecule is CC1CCN(C(=O)Cc2csc(-c3ccc4c(c3)OCO4)n2)C(C(=O)O)C1. The third kappa shape index (κ3) is 3.62. The highest BCUT2D eigenvalue weighted by molar-refractivity contribution is 7.13. The average Bonchev–Trinajstić information content (AvgIpc) is 3.29. The zero-order valence-electron chi connectivity index (χ0n) is 14.9. The number of nitrogens with zero attached hydrogens (tertiary/aromatic N) is 2. The molecule has 0 spiro atoms. The highest BCUT2D eigenvalue weighted by Gasteiger charge is 2.34. The molecule has 2 aromatic rings. The molecule has 2 atom stereocenters. The van der Waals surface area contributed by atoms with E-state index in [1.165, 1.54) is 16.2 Å². The largest absolute Gasteiger partial charge is 0.480 e. The number of likely N-dealkylation sites (tertiary alicyclic amines) is 1. The molecular weight excluding hydrogens is 368 g/mol. The summed E-state index contributed by atoms with van der Waals surface area (Å²) in [7, 11) is 0. The number of hydrogen-bond acceptors (Lipinski definition) is 6. The van der Waals surface area contributed by atoms with Crippen molar-refractivity contribution >= 4 is 23.2 Å². The second-order valence-electron chi connectivity index (χ2n) is 6.96. The quantitative estimate of drug-likeness (QED) is 0.866. The molecule has 1 amide bonds.